The van der Waals surface area contributed by atoms with Gasteiger partial charge >= 0.3 is 0 Å². The highest BCUT2D eigenvalue weighted by Gasteiger charge is 2.58. The van der Waals surface area contributed by atoms with Gasteiger partial charge < -0.3 is 19.9 Å². The summed E-state index contributed by atoms with van der Waals surface area (Å²) in [6.45, 7) is 6.77. The number of ketones is 3. The molecule has 1 aliphatic heterocycles. The molecule has 0 saturated heterocycles. The first kappa shape index (κ1) is 23.2. The molecule has 0 aromatic heterocycles. The van der Waals surface area contributed by atoms with E-state index in [-0.39, 0.29) is 40.7 Å². The van der Waals surface area contributed by atoms with Crippen LogP contribution in [0.2, 0.25) is 0 Å². The minimum atomic E-state index is -1.60. The van der Waals surface area contributed by atoms with Crippen LogP contribution in [-0.2, 0) is 26.3 Å². The summed E-state index contributed by atoms with van der Waals surface area (Å²) in [5.74, 6) is -4.44. The van der Waals surface area contributed by atoms with E-state index in [4.69, 9.17) is 9.47 Å². The van der Waals surface area contributed by atoms with E-state index in [1.165, 1.54) is 27.0 Å². The zero-order valence-electron chi connectivity index (χ0n) is 19.6. The van der Waals surface area contributed by atoms with Gasteiger partial charge in [0, 0.05) is 18.7 Å². The van der Waals surface area contributed by atoms with Gasteiger partial charge in [-0.1, -0.05) is 18.2 Å². The lowest BCUT2D eigenvalue weighted by Gasteiger charge is -2.30. The Morgan fingerprint density at radius 2 is 1.85 bits per heavy atom. The summed E-state index contributed by atoms with van der Waals surface area (Å²) in [5.41, 5.74) is 1.40. The Bertz CT molecular complexity index is 1290. The zero-order valence-corrected chi connectivity index (χ0v) is 19.6. The lowest BCUT2D eigenvalue weighted by Crippen LogP contribution is -2.47. The summed E-state index contributed by atoms with van der Waals surface area (Å²) in [5, 5.41) is 13.7. The molecule has 0 radical (unpaired) electrons. The van der Waals surface area contributed by atoms with Gasteiger partial charge in [-0.05, 0) is 44.4 Å². The number of ether oxygens (including phenoxy) is 2. The van der Waals surface area contributed by atoms with Crippen LogP contribution in [0.15, 0.2) is 36.1 Å². The predicted molar refractivity (Wildman–Crippen MR) is 122 cm³/mol. The molecule has 0 spiro atoms. The largest absolute Gasteiger partial charge is 0.507 e. The van der Waals surface area contributed by atoms with Gasteiger partial charge in [0.25, 0.3) is 5.91 Å². The van der Waals surface area contributed by atoms with Crippen molar-refractivity contribution in [1.29, 1.82) is 0 Å². The van der Waals surface area contributed by atoms with Crippen LogP contribution < -0.4 is 14.8 Å². The molecule has 4 rings (SSSR count). The maximum absolute atomic E-state index is 13.3. The molecule has 2 aromatic carbocycles. The van der Waals surface area contributed by atoms with E-state index in [0.717, 1.165) is 22.8 Å². The fourth-order valence-corrected chi connectivity index (χ4v) is 4.74. The Labute approximate surface area is 196 Å². The molecule has 2 aliphatic rings. The van der Waals surface area contributed by atoms with Gasteiger partial charge in [-0.3, -0.25) is 19.2 Å². The van der Waals surface area contributed by atoms with Crippen LogP contribution in [0.3, 0.4) is 0 Å². The number of hydrogen-bond acceptors (Lipinski definition) is 7. The SMILES string of the molecule is COc1cc(O)c2c(c1C(=O)NCc1c(C)cccc1C)OC1=CC(=O)C(C(C)=O)C(=O)[C@]12C. The molecule has 2 N–H and O–H groups in total. The number of benzene rings is 2. The molecule has 1 aliphatic carbocycles. The maximum Gasteiger partial charge on any atom is 0.259 e. The average molecular weight is 463 g/mol. The monoisotopic (exact) mass is 463 g/mol. The number of allylic oxidation sites excluding steroid dienone is 2. The number of Topliss-reactive ketones (excluding diaryl/α,β-unsaturated/α-hetero) is 2. The average Bonchev–Trinajstić information content (AvgIpc) is 3.06. The normalized spacial score (nSPS) is 20.7. The Kier molecular flexibility index (Phi) is 5.55. The number of aromatic hydroxyl groups is 1. The number of nitrogens with one attached hydrogen (secondary N) is 1. The molecular formula is C26H25NO7. The van der Waals surface area contributed by atoms with Crippen LogP contribution >= 0.6 is 0 Å². The first-order valence-corrected chi connectivity index (χ1v) is 10.8. The standard InChI is InChI=1S/C26H25NO7/c1-12-7-6-8-13(2)15(12)11-27-25(32)21-18(33-5)9-17(30)22-23(21)34-19-10-16(29)20(14(3)28)24(31)26(19,22)4/h6-10,20,30H,11H2,1-5H3,(H,27,32)/t20?,26-/m1/s1. The lowest BCUT2D eigenvalue weighted by atomic mass is 9.67. The van der Waals surface area contributed by atoms with Gasteiger partial charge in [-0.25, -0.2) is 0 Å². The van der Waals surface area contributed by atoms with Gasteiger partial charge in [0.2, 0.25) is 0 Å². The predicted octanol–water partition coefficient (Wildman–Crippen LogP) is 2.84. The zero-order chi connectivity index (χ0) is 24.9. The number of methoxy groups -OCH3 is 1. The van der Waals surface area contributed by atoms with Crippen LogP contribution in [0, 0.1) is 19.8 Å². The van der Waals surface area contributed by atoms with Crippen LogP contribution in [0.5, 0.6) is 17.2 Å². The van der Waals surface area contributed by atoms with E-state index >= 15 is 0 Å². The summed E-state index contributed by atoms with van der Waals surface area (Å²) in [4.78, 5) is 51.2. The van der Waals surface area contributed by atoms with E-state index in [1.54, 1.807) is 0 Å². The molecule has 8 heteroatoms. The van der Waals surface area contributed by atoms with Crippen LogP contribution in [0.25, 0.3) is 0 Å². The number of carbonyl (C=O) groups is 4. The third-order valence-electron chi connectivity index (χ3n) is 6.67. The van der Waals surface area contributed by atoms with Crippen molar-refractivity contribution in [1.82, 2.24) is 5.32 Å². The number of amides is 1. The Morgan fingerprint density at radius 3 is 2.44 bits per heavy atom. The van der Waals surface area contributed by atoms with E-state index in [1.807, 2.05) is 32.0 Å². The van der Waals surface area contributed by atoms with Gasteiger partial charge in [0.05, 0.1) is 12.7 Å². The number of phenolic OH excluding ortho intramolecular Hbond substituents is 1. The number of fused-ring (bicyclic) bond motifs is 3. The Balaban J connectivity index is 1.82. The summed E-state index contributed by atoms with van der Waals surface area (Å²) >= 11 is 0. The van der Waals surface area contributed by atoms with E-state index in [0.29, 0.717) is 0 Å². The highest BCUT2D eigenvalue weighted by molar-refractivity contribution is 6.27. The van der Waals surface area contributed by atoms with Crippen molar-refractivity contribution in [3.8, 4) is 17.2 Å². The smallest absolute Gasteiger partial charge is 0.259 e. The Morgan fingerprint density at radius 1 is 1.21 bits per heavy atom. The van der Waals surface area contributed by atoms with Gasteiger partial charge in [0.1, 0.15) is 39.9 Å². The van der Waals surface area contributed by atoms with Crippen LogP contribution in [-0.4, -0.2) is 35.5 Å². The second kappa shape index (κ2) is 8.13. The second-order valence-electron chi connectivity index (χ2n) is 8.78. The maximum atomic E-state index is 13.3. The summed E-state index contributed by atoms with van der Waals surface area (Å²) in [7, 11) is 1.34. The molecule has 176 valence electrons. The van der Waals surface area contributed by atoms with E-state index in [2.05, 4.69) is 5.32 Å². The highest BCUT2D eigenvalue weighted by atomic mass is 16.5. The fourth-order valence-electron chi connectivity index (χ4n) is 4.74. The quantitative estimate of drug-likeness (QED) is 0.655. The van der Waals surface area contributed by atoms with Crippen LogP contribution in [0.1, 0.15) is 46.5 Å². The van der Waals surface area contributed by atoms with Crippen molar-refractivity contribution < 1.29 is 33.8 Å². The molecule has 8 nitrogen and oxygen atoms in total. The molecule has 2 aromatic rings. The molecule has 34 heavy (non-hydrogen) atoms. The summed E-state index contributed by atoms with van der Waals surface area (Å²) in [6, 6.07) is 7.06. The van der Waals surface area contributed by atoms with Gasteiger partial charge in [-0.15, -0.1) is 0 Å². The van der Waals surface area contributed by atoms with E-state index < -0.39 is 34.6 Å². The first-order valence-electron chi connectivity index (χ1n) is 10.8. The minimum Gasteiger partial charge on any atom is -0.507 e. The number of aryl methyl sites for hydroxylation is 2. The molecule has 0 saturated carbocycles. The van der Waals surface area contributed by atoms with Crippen molar-refractivity contribution in [2.75, 3.05) is 7.11 Å². The highest BCUT2D eigenvalue weighted by Crippen LogP contribution is 2.56. The van der Waals surface area contributed by atoms with Crippen molar-refractivity contribution in [3.05, 3.63) is 63.9 Å². The molecule has 2 atom stereocenters. The third-order valence-corrected chi connectivity index (χ3v) is 6.67. The molecule has 1 amide bonds. The second-order valence-corrected chi connectivity index (χ2v) is 8.78. The number of hydrogen-bond donors (Lipinski definition) is 2. The molecule has 0 fully saturated rings. The summed E-state index contributed by atoms with van der Waals surface area (Å²) < 4.78 is 11.2. The third kappa shape index (κ3) is 3.29. The fraction of sp³-hybridized carbons (Fsp3) is 0.308. The van der Waals surface area contributed by atoms with Crippen molar-refractivity contribution in [2.45, 2.75) is 39.7 Å². The topological polar surface area (TPSA) is 119 Å². The van der Waals surface area contributed by atoms with Crippen molar-refractivity contribution in [3.63, 3.8) is 0 Å². The number of phenols is 1. The van der Waals surface area contributed by atoms with Crippen LogP contribution in [0.4, 0.5) is 0 Å². The van der Waals surface area contributed by atoms with E-state index in [9.17, 15) is 24.3 Å². The molecule has 1 unspecified atom stereocenters. The molecule has 0 bridgehead atoms. The summed E-state index contributed by atoms with van der Waals surface area (Å²) in [6.07, 6.45) is 1.09. The first-order chi connectivity index (χ1) is 16.0. The molecular weight excluding hydrogens is 438 g/mol. The van der Waals surface area contributed by atoms with Crippen molar-refractivity contribution in [2.24, 2.45) is 5.92 Å². The lowest BCUT2D eigenvalue weighted by molar-refractivity contribution is -0.140. The number of carbonyl (C=O) groups excluding carboxylic acids is 4. The Hall–Kier alpha value is -3.94. The number of rotatable bonds is 5. The minimum absolute atomic E-state index is 0.0160. The molecule has 1 heterocycles. The van der Waals surface area contributed by atoms with Crippen molar-refractivity contribution >= 4 is 23.3 Å². The van der Waals surface area contributed by atoms with Gasteiger partial charge in [0.15, 0.2) is 17.3 Å². The van der Waals surface area contributed by atoms with Gasteiger partial charge in [-0.2, -0.15) is 0 Å².